The molecule has 0 spiro atoms. The van der Waals surface area contributed by atoms with Gasteiger partial charge in [0.25, 0.3) is 0 Å². The van der Waals surface area contributed by atoms with E-state index in [9.17, 15) is 4.79 Å². The van der Waals surface area contributed by atoms with Gasteiger partial charge in [-0.1, -0.05) is 30.4 Å². The van der Waals surface area contributed by atoms with Gasteiger partial charge < -0.3 is 4.74 Å². The van der Waals surface area contributed by atoms with Gasteiger partial charge >= 0.3 is 0 Å². The number of Topliss-reactive ketones (excluding diaryl/α,β-unsaturated/α-hetero) is 1. The molecule has 4 heteroatoms. The zero-order valence-corrected chi connectivity index (χ0v) is 14.6. The molecule has 0 radical (unpaired) electrons. The molecule has 0 saturated carbocycles. The van der Waals surface area contributed by atoms with E-state index in [-0.39, 0.29) is 5.78 Å². The normalized spacial score (nSPS) is 16.0. The maximum absolute atomic E-state index is 13.5. The molecular weight excluding hydrogens is 306 g/mol. The summed E-state index contributed by atoms with van der Waals surface area (Å²) < 4.78 is 5.47. The second-order valence-corrected chi connectivity index (χ2v) is 6.49. The van der Waals surface area contributed by atoms with Crippen molar-refractivity contribution in [2.45, 2.75) is 23.3 Å². The molecule has 1 fully saturated rings. The van der Waals surface area contributed by atoms with Crippen LogP contribution in [-0.2, 0) is 4.74 Å². The van der Waals surface area contributed by atoms with Crippen molar-refractivity contribution in [2.24, 2.45) is 0 Å². The number of hydrogen-bond donors (Lipinski definition) is 0. The van der Waals surface area contributed by atoms with E-state index >= 15 is 0 Å². The van der Waals surface area contributed by atoms with Crippen LogP contribution in [-0.4, -0.2) is 48.8 Å². The van der Waals surface area contributed by atoms with E-state index in [1.807, 2.05) is 42.7 Å². The molecule has 1 aromatic rings. The summed E-state index contributed by atoms with van der Waals surface area (Å²) in [4.78, 5) is 16.8. The summed E-state index contributed by atoms with van der Waals surface area (Å²) in [6, 6.07) is 7.83. The molecule has 1 aliphatic rings. The van der Waals surface area contributed by atoms with Crippen LogP contribution in [0.5, 0.6) is 0 Å². The van der Waals surface area contributed by atoms with Crippen molar-refractivity contribution >= 4 is 17.5 Å². The van der Waals surface area contributed by atoms with Crippen LogP contribution >= 0.6 is 11.8 Å². The number of hydrogen-bond acceptors (Lipinski definition) is 4. The first-order chi connectivity index (χ1) is 11.2. The number of carbonyl (C=O) groups excluding carboxylic acids is 1. The van der Waals surface area contributed by atoms with Gasteiger partial charge in [-0.15, -0.1) is 24.9 Å². The van der Waals surface area contributed by atoms with Crippen LogP contribution in [0.1, 0.15) is 23.2 Å². The summed E-state index contributed by atoms with van der Waals surface area (Å²) in [7, 11) is 0. The highest BCUT2D eigenvalue weighted by molar-refractivity contribution is 7.98. The molecule has 0 aromatic heterocycles. The molecule has 0 aliphatic carbocycles. The molecule has 0 N–H and O–H groups in total. The maximum Gasteiger partial charge on any atom is 0.184 e. The van der Waals surface area contributed by atoms with Crippen LogP contribution in [0.4, 0.5) is 0 Å². The number of thioether (sulfide) groups is 1. The van der Waals surface area contributed by atoms with Crippen LogP contribution in [0.25, 0.3) is 0 Å². The minimum atomic E-state index is -0.612. The Morgan fingerprint density at radius 2 is 1.87 bits per heavy atom. The molecule has 1 heterocycles. The summed E-state index contributed by atoms with van der Waals surface area (Å²) in [5, 5.41) is 0. The number of nitrogens with zero attached hydrogens (tertiary/aromatic N) is 1. The third-order valence-electron chi connectivity index (χ3n) is 4.35. The number of ether oxygens (including phenoxy) is 1. The van der Waals surface area contributed by atoms with Gasteiger partial charge in [0.05, 0.1) is 18.8 Å². The Labute approximate surface area is 143 Å². The zero-order chi connectivity index (χ0) is 16.7. The summed E-state index contributed by atoms with van der Waals surface area (Å²) in [5.41, 5.74) is 0.175. The molecule has 1 aliphatic heterocycles. The lowest BCUT2D eigenvalue weighted by molar-refractivity contribution is -0.0135. The second-order valence-electron chi connectivity index (χ2n) is 5.65. The Kier molecular flexibility index (Phi) is 6.63. The predicted molar refractivity (Wildman–Crippen MR) is 97.3 cm³/mol. The SMILES string of the molecule is C=CCC(CC=C)(C(=O)c1ccccc1SC)N1CCOCC1. The van der Waals surface area contributed by atoms with Crippen molar-refractivity contribution in [3.05, 3.63) is 55.1 Å². The summed E-state index contributed by atoms with van der Waals surface area (Å²) in [6.45, 7) is 10.6. The van der Waals surface area contributed by atoms with Crippen molar-refractivity contribution in [3.63, 3.8) is 0 Å². The molecule has 0 amide bonds. The van der Waals surface area contributed by atoms with Gasteiger partial charge in [-0.25, -0.2) is 0 Å². The van der Waals surface area contributed by atoms with E-state index in [0.29, 0.717) is 26.1 Å². The molecule has 3 nitrogen and oxygen atoms in total. The van der Waals surface area contributed by atoms with E-state index in [2.05, 4.69) is 18.1 Å². The fourth-order valence-corrected chi connectivity index (χ4v) is 3.82. The van der Waals surface area contributed by atoms with Gasteiger partial charge in [0.1, 0.15) is 0 Å². The Hall–Kier alpha value is -1.36. The molecule has 124 valence electrons. The highest BCUT2D eigenvalue weighted by Crippen LogP contribution is 2.33. The van der Waals surface area contributed by atoms with Gasteiger partial charge in [-0.2, -0.15) is 0 Å². The molecular formula is C19H25NO2S. The summed E-state index contributed by atoms with van der Waals surface area (Å²) in [5.74, 6) is 0.157. The standard InChI is InChI=1S/C19H25NO2S/c1-4-10-19(11-5-2,20-12-14-22-15-13-20)18(21)16-8-6-7-9-17(16)23-3/h4-9H,1-2,10-15H2,3H3. The number of morpholine rings is 1. The predicted octanol–water partition coefficient (Wildman–Crippen LogP) is 3.81. The van der Waals surface area contributed by atoms with Crippen LogP contribution in [0.2, 0.25) is 0 Å². The van der Waals surface area contributed by atoms with Crippen molar-refractivity contribution in [1.29, 1.82) is 0 Å². The fourth-order valence-electron chi connectivity index (χ4n) is 3.22. The van der Waals surface area contributed by atoms with Crippen LogP contribution in [0, 0.1) is 0 Å². The number of ketones is 1. The van der Waals surface area contributed by atoms with E-state index in [1.54, 1.807) is 11.8 Å². The lowest BCUT2D eigenvalue weighted by atomic mass is 9.81. The summed E-state index contributed by atoms with van der Waals surface area (Å²) in [6.07, 6.45) is 6.92. The minimum absolute atomic E-state index is 0.157. The first-order valence-corrected chi connectivity index (χ1v) is 9.14. The average Bonchev–Trinajstić information content (AvgIpc) is 2.61. The molecule has 1 saturated heterocycles. The molecule has 2 rings (SSSR count). The van der Waals surface area contributed by atoms with Crippen molar-refractivity contribution in [3.8, 4) is 0 Å². The van der Waals surface area contributed by atoms with E-state index in [1.165, 1.54) is 0 Å². The number of carbonyl (C=O) groups is 1. The topological polar surface area (TPSA) is 29.5 Å². The zero-order valence-electron chi connectivity index (χ0n) is 13.8. The Bertz CT molecular complexity index is 554. The van der Waals surface area contributed by atoms with Gasteiger partial charge in [-0.05, 0) is 25.2 Å². The molecule has 1 aromatic carbocycles. The van der Waals surface area contributed by atoms with Crippen molar-refractivity contribution < 1.29 is 9.53 Å². The number of benzene rings is 1. The van der Waals surface area contributed by atoms with Gasteiger partial charge in [0.15, 0.2) is 5.78 Å². The van der Waals surface area contributed by atoms with Crippen LogP contribution < -0.4 is 0 Å². The van der Waals surface area contributed by atoms with Crippen molar-refractivity contribution in [2.75, 3.05) is 32.6 Å². The smallest absolute Gasteiger partial charge is 0.184 e. The monoisotopic (exact) mass is 331 g/mol. The number of rotatable bonds is 8. The fraction of sp³-hybridized carbons (Fsp3) is 0.421. The quantitative estimate of drug-likeness (QED) is 0.411. The Morgan fingerprint density at radius 3 is 2.43 bits per heavy atom. The van der Waals surface area contributed by atoms with E-state index in [4.69, 9.17) is 4.74 Å². The highest BCUT2D eigenvalue weighted by atomic mass is 32.2. The third kappa shape index (κ3) is 3.77. The van der Waals surface area contributed by atoms with E-state index < -0.39 is 5.54 Å². The van der Waals surface area contributed by atoms with Crippen LogP contribution in [0.3, 0.4) is 0 Å². The average molecular weight is 331 g/mol. The van der Waals surface area contributed by atoms with Gasteiger partial charge in [0, 0.05) is 23.5 Å². The molecule has 0 unspecified atom stereocenters. The largest absolute Gasteiger partial charge is 0.379 e. The second kappa shape index (κ2) is 8.48. The van der Waals surface area contributed by atoms with Gasteiger partial charge in [0.2, 0.25) is 0 Å². The minimum Gasteiger partial charge on any atom is -0.379 e. The lowest BCUT2D eigenvalue weighted by Crippen LogP contribution is -2.58. The molecule has 0 atom stereocenters. The van der Waals surface area contributed by atoms with Gasteiger partial charge in [-0.3, -0.25) is 9.69 Å². The lowest BCUT2D eigenvalue weighted by Gasteiger charge is -2.44. The third-order valence-corrected chi connectivity index (χ3v) is 5.15. The van der Waals surface area contributed by atoms with E-state index in [0.717, 1.165) is 23.5 Å². The van der Waals surface area contributed by atoms with Crippen LogP contribution in [0.15, 0.2) is 54.5 Å². The first-order valence-electron chi connectivity index (χ1n) is 7.92. The molecule has 23 heavy (non-hydrogen) atoms. The summed E-state index contributed by atoms with van der Waals surface area (Å²) >= 11 is 1.61. The first kappa shape index (κ1) is 18.0. The highest BCUT2D eigenvalue weighted by Gasteiger charge is 2.43. The Morgan fingerprint density at radius 1 is 1.26 bits per heavy atom. The molecule has 0 bridgehead atoms. The van der Waals surface area contributed by atoms with Crippen molar-refractivity contribution in [1.82, 2.24) is 4.90 Å². The Balaban J connectivity index is 2.47. The maximum atomic E-state index is 13.5.